The van der Waals surface area contributed by atoms with Crippen molar-refractivity contribution >= 4 is 5.97 Å². The highest BCUT2D eigenvalue weighted by atomic mass is 19.1. The Bertz CT molecular complexity index is 336. The van der Waals surface area contributed by atoms with Gasteiger partial charge in [0, 0.05) is 6.61 Å². The summed E-state index contributed by atoms with van der Waals surface area (Å²) in [6, 6.07) is 3.64. The molecule has 0 saturated heterocycles. The van der Waals surface area contributed by atoms with Gasteiger partial charge in [-0.1, -0.05) is 6.07 Å². The summed E-state index contributed by atoms with van der Waals surface area (Å²) in [6.45, 7) is 2.50. The molecular weight excluding hydrogens is 187 g/mol. The van der Waals surface area contributed by atoms with Crippen molar-refractivity contribution < 1.29 is 19.0 Å². The second-order valence-corrected chi connectivity index (χ2v) is 2.74. The van der Waals surface area contributed by atoms with Crippen molar-refractivity contribution in [2.24, 2.45) is 0 Å². The fraction of sp³-hybridized carbons (Fsp3) is 0.300. The number of hydrogen-bond acceptors (Lipinski definition) is 2. The van der Waals surface area contributed by atoms with Gasteiger partial charge >= 0.3 is 5.97 Å². The molecule has 0 amide bonds. The fourth-order valence-electron chi connectivity index (χ4n) is 1.09. The van der Waals surface area contributed by atoms with Crippen LogP contribution in [0.4, 0.5) is 4.39 Å². The van der Waals surface area contributed by atoms with Gasteiger partial charge in [0.05, 0.1) is 12.2 Å². The Hall–Kier alpha value is -1.42. The highest BCUT2D eigenvalue weighted by Gasteiger charge is 2.10. The average Bonchev–Trinajstić information content (AvgIpc) is 2.15. The van der Waals surface area contributed by atoms with Crippen LogP contribution in [0, 0.1) is 5.82 Å². The topological polar surface area (TPSA) is 46.5 Å². The lowest BCUT2D eigenvalue weighted by Gasteiger charge is -2.05. The van der Waals surface area contributed by atoms with Crippen molar-refractivity contribution in [3.8, 4) is 0 Å². The van der Waals surface area contributed by atoms with Crippen LogP contribution < -0.4 is 0 Å². The van der Waals surface area contributed by atoms with E-state index < -0.39 is 11.8 Å². The van der Waals surface area contributed by atoms with Gasteiger partial charge in [-0.2, -0.15) is 0 Å². The van der Waals surface area contributed by atoms with Crippen LogP contribution in [-0.2, 0) is 11.3 Å². The first-order valence-corrected chi connectivity index (χ1v) is 4.24. The Kier molecular flexibility index (Phi) is 3.59. The smallest absolute Gasteiger partial charge is 0.336 e. The quantitative estimate of drug-likeness (QED) is 0.805. The van der Waals surface area contributed by atoms with E-state index in [2.05, 4.69) is 0 Å². The second-order valence-electron chi connectivity index (χ2n) is 2.74. The molecule has 4 heteroatoms. The van der Waals surface area contributed by atoms with Gasteiger partial charge in [-0.3, -0.25) is 0 Å². The number of halogens is 1. The Balaban J connectivity index is 2.96. The number of hydrogen-bond donors (Lipinski definition) is 1. The lowest BCUT2D eigenvalue weighted by atomic mass is 10.1. The largest absolute Gasteiger partial charge is 0.478 e. The predicted octanol–water partition coefficient (Wildman–Crippen LogP) is 2.06. The number of carboxylic acids is 1. The molecule has 0 spiro atoms. The molecule has 0 unspecified atom stereocenters. The van der Waals surface area contributed by atoms with Crippen molar-refractivity contribution in [2.75, 3.05) is 6.61 Å². The van der Waals surface area contributed by atoms with E-state index in [1.54, 1.807) is 0 Å². The molecule has 0 aliphatic heterocycles. The number of benzene rings is 1. The van der Waals surface area contributed by atoms with Crippen LogP contribution in [0.25, 0.3) is 0 Å². The van der Waals surface area contributed by atoms with Gasteiger partial charge in [0.25, 0.3) is 0 Å². The second kappa shape index (κ2) is 4.72. The van der Waals surface area contributed by atoms with E-state index in [0.717, 1.165) is 6.07 Å². The lowest BCUT2D eigenvalue weighted by Crippen LogP contribution is -2.04. The number of rotatable bonds is 4. The number of carboxylic acid groups (broad SMARTS) is 1. The zero-order chi connectivity index (χ0) is 10.6. The Morgan fingerprint density at radius 3 is 2.86 bits per heavy atom. The molecule has 1 aromatic carbocycles. The third-order valence-electron chi connectivity index (χ3n) is 1.76. The van der Waals surface area contributed by atoms with Crippen molar-refractivity contribution in [2.45, 2.75) is 13.5 Å². The Morgan fingerprint density at radius 1 is 1.57 bits per heavy atom. The molecule has 3 nitrogen and oxygen atoms in total. The summed E-state index contributed by atoms with van der Waals surface area (Å²) in [6.07, 6.45) is 0. The van der Waals surface area contributed by atoms with Gasteiger partial charge < -0.3 is 9.84 Å². The van der Waals surface area contributed by atoms with E-state index in [4.69, 9.17) is 9.84 Å². The van der Waals surface area contributed by atoms with Crippen LogP contribution in [0.1, 0.15) is 22.8 Å². The van der Waals surface area contributed by atoms with Crippen molar-refractivity contribution in [1.82, 2.24) is 0 Å². The van der Waals surface area contributed by atoms with Crippen LogP contribution >= 0.6 is 0 Å². The monoisotopic (exact) mass is 198 g/mol. The highest BCUT2D eigenvalue weighted by Crippen LogP contribution is 2.12. The number of aromatic carboxylic acids is 1. The zero-order valence-electron chi connectivity index (χ0n) is 7.79. The average molecular weight is 198 g/mol. The molecule has 76 valence electrons. The molecule has 1 rings (SSSR count). The summed E-state index contributed by atoms with van der Waals surface area (Å²) in [4.78, 5) is 10.7. The molecule has 14 heavy (non-hydrogen) atoms. The molecule has 0 aliphatic rings. The summed E-state index contributed by atoms with van der Waals surface area (Å²) in [5.41, 5.74) is 0.444. The maximum absolute atomic E-state index is 12.7. The molecule has 0 aliphatic carbocycles. The maximum atomic E-state index is 12.7. The van der Waals surface area contributed by atoms with Gasteiger partial charge in [-0.25, -0.2) is 9.18 Å². The molecular formula is C10H11FO3. The molecule has 1 aromatic rings. The summed E-state index contributed by atoms with van der Waals surface area (Å²) in [5.74, 6) is -1.69. The predicted molar refractivity (Wildman–Crippen MR) is 48.7 cm³/mol. The molecule has 0 fully saturated rings. The third kappa shape index (κ3) is 2.53. The minimum absolute atomic E-state index is 0.0431. The molecule has 1 N–H and O–H groups in total. The van der Waals surface area contributed by atoms with Crippen molar-refractivity contribution in [1.29, 1.82) is 0 Å². The van der Waals surface area contributed by atoms with Crippen LogP contribution in [0.2, 0.25) is 0 Å². The zero-order valence-corrected chi connectivity index (χ0v) is 7.79. The van der Waals surface area contributed by atoms with Crippen LogP contribution in [0.3, 0.4) is 0 Å². The van der Waals surface area contributed by atoms with Gasteiger partial charge in [0.2, 0.25) is 0 Å². The SMILES string of the molecule is CCOCc1ccc(F)cc1C(=O)O. The van der Waals surface area contributed by atoms with E-state index in [1.807, 2.05) is 6.92 Å². The minimum atomic E-state index is -1.14. The summed E-state index contributed by atoms with van der Waals surface area (Å²) < 4.78 is 17.8. The standard InChI is InChI=1S/C10H11FO3/c1-2-14-6-7-3-4-8(11)5-9(7)10(12)13/h3-5H,2,6H2,1H3,(H,12,13). The van der Waals surface area contributed by atoms with E-state index in [1.165, 1.54) is 12.1 Å². The molecule has 0 atom stereocenters. The van der Waals surface area contributed by atoms with Gasteiger partial charge in [-0.15, -0.1) is 0 Å². The minimum Gasteiger partial charge on any atom is -0.478 e. The third-order valence-corrected chi connectivity index (χ3v) is 1.76. The lowest BCUT2D eigenvalue weighted by molar-refractivity contribution is 0.0688. The Morgan fingerprint density at radius 2 is 2.29 bits per heavy atom. The van der Waals surface area contributed by atoms with E-state index >= 15 is 0 Å². The summed E-state index contributed by atoms with van der Waals surface area (Å²) >= 11 is 0. The van der Waals surface area contributed by atoms with E-state index in [9.17, 15) is 9.18 Å². The first-order valence-electron chi connectivity index (χ1n) is 4.24. The normalized spacial score (nSPS) is 10.1. The van der Waals surface area contributed by atoms with Gasteiger partial charge in [0.15, 0.2) is 0 Å². The first-order chi connectivity index (χ1) is 6.65. The van der Waals surface area contributed by atoms with E-state index in [-0.39, 0.29) is 12.2 Å². The molecule has 0 aromatic heterocycles. The maximum Gasteiger partial charge on any atom is 0.336 e. The van der Waals surface area contributed by atoms with Crippen LogP contribution in [-0.4, -0.2) is 17.7 Å². The number of carbonyl (C=O) groups is 1. The molecule has 0 radical (unpaired) electrons. The molecule has 0 heterocycles. The summed E-state index contributed by atoms with van der Waals surface area (Å²) in [5, 5.41) is 8.77. The van der Waals surface area contributed by atoms with Crippen molar-refractivity contribution in [3.63, 3.8) is 0 Å². The molecule has 0 bridgehead atoms. The van der Waals surface area contributed by atoms with Gasteiger partial charge in [0.1, 0.15) is 5.82 Å². The van der Waals surface area contributed by atoms with Crippen LogP contribution in [0.15, 0.2) is 18.2 Å². The first kappa shape index (κ1) is 10.7. The van der Waals surface area contributed by atoms with Crippen LogP contribution in [0.5, 0.6) is 0 Å². The fourth-order valence-corrected chi connectivity index (χ4v) is 1.09. The number of ether oxygens (including phenoxy) is 1. The highest BCUT2D eigenvalue weighted by molar-refractivity contribution is 5.89. The summed E-state index contributed by atoms with van der Waals surface area (Å²) in [7, 11) is 0. The van der Waals surface area contributed by atoms with Crippen molar-refractivity contribution in [3.05, 3.63) is 35.1 Å². The van der Waals surface area contributed by atoms with Gasteiger partial charge in [-0.05, 0) is 24.6 Å². The Labute approximate surface area is 81.1 Å². The van der Waals surface area contributed by atoms with E-state index in [0.29, 0.717) is 12.2 Å². The molecule has 0 saturated carbocycles.